The van der Waals surface area contributed by atoms with E-state index in [9.17, 15) is 19.2 Å². The summed E-state index contributed by atoms with van der Waals surface area (Å²) in [6, 6.07) is 0. The SMILES string of the molecule is CCOC(=O)c1[nH]c(Cc2c3[nH]c(C(=O)OCC)c(C)c3c(C)c3c(C)c(C(=O)OCC)[nH]c23)c(C(C)=O)c1C. The first-order chi connectivity index (χ1) is 19.0. The van der Waals surface area contributed by atoms with E-state index in [1.54, 1.807) is 27.7 Å². The van der Waals surface area contributed by atoms with Crippen molar-refractivity contribution >= 4 is 45.5 Å². The molecule has 10 nitrogen and oxygen atoms in total. The number of ether oxygens (including phenoxy) is 3. The Labute approximate surface area is 231 Å². The number of Topliss-reactive ketones (excluding diaryl/α,β-unsaturated/α-hetero) is 1. The van der Waals surface area contributed by atoms with Gasteiger partial charge in [0, 0.05) is 34.0 Å². The predicted molar refractivity (Wildman–Crippen MR) is 151 cm³/mol. The van der Waals surface area contributed by atoms with Crippen LogP contribution in [0.4, 0.5) is 0 Å². The maximum Gasteiger partial charge on any atom is 0.355 e. The molecule has 3 N–H and O–H groups in total. The summed E-state index contributed by atoms with van der Waals surface area (Å²) in [4.78, 5) is 60.8. The lowest BCUT2D eigenvalue weighted by molar-refractivity contribution is 0.0509. The second-order valence-corrected chi connectivity index (χ2v) is 9.73. The van der Waals surface area contributed by atoms with Crippen LogP contribution in [0.2, 0.25) is 0 Å². The summed E-state index contributed by atoms with van der Waals surface area (Å²) in [5, 5.41) is 1.64. The van der Waals surface area contributed by atoms with E-state index < -0.39 is 17.9 Å². The van der Waals surface area contributed by atoms with Crippen LogP contribution >= 0.6 is 0 Å². The van der Waals surface area contributed by atoms with Gasteiger partial charge in [0.25, 0.3) is 0 Å². The number of nitrogens with one attached hydrogen (secondary N) is 3. The van der Waals surface area contributed by atoms with Crippen molar-refractivity contribution in [1.82, 2.24) is 15.0 Å². The van der Waals surface area contributed by atoms with Crippen LogP contribution in [0.5, 0.6) is 0 Å². The van der Waals surface area contributed by atoms with Crippen LogP contribution < -0.4 is 0 Å². The largest absolute Gasteiger partial charge is 0.461 e. The molecule has 0 bridgehead atoms. The predicted octanol–water partition coefficient (Wildman–Crippen LogP) is 5.53. The molecular formula is C30H35N3O7. The van der Waals surface area contributed by atoms with Gasteiger partial charge < -0.3 is 29.2 Å². The zero-order valence-corrected chi connectivity index (χ0v) is 24.2. The lowest BCUT2D eigenvalue weighted by Gasteiger charge is -2.11. The van der Waals surface area contributed by atoms with Gasteiger partial charge in [-0.1, -0.05) is 0 Å². The lowest BCUT2D eigenvalue weighted by Crippen LogP contribution is -2.07. The number of fused-ring (bicyclic) bond motifs is 2. The van der Waals surface area contributed by atoms with Crippen LogP contribution in [0.3, 0.4) is 0 Å². The van der Waals surface area contributed by atoms with Gasteiger partial charge in [-0.25, -0.2) is 14.4 Å². The smallest absolute Gasteiger partial charge is 0.355 e. The molecule has 0 fully saturated rings. The molecule has 0 saturated carbocycles. The summed E-state index contributed by atoms with van der Waals surface area (Å²) >= 11 is 0. The third kappa shape index (κ3) is 4.57. The third-order valence-electron chi connectivity index (χ3n) is 7.33. The molecule has 0 amide bonds. The Balaban J connectivity index is 2.08. The maximum atomic E-state index is 12.8. The molecule has 3 heterocycles. The Morgan fingerprint density at radius 3 is 1.38 bits per heavy atom. The number of ketones is 1. The first-order valence-electron chi connectivity index (χ1n) is 13.4. The molecule has 0 spiro atoms. The molecule has 0 unspecified atom stereocenters. The van der Waals surface area contributed by atoms with Crippen LogP contribution in [0.15, 0.2) is 0 Å². The molecule has 4 aromatic rings. The van der Waals surface area contributed by atoms with Crippen molar-refractivity contribution in [2.24, 2.45) is 0 Å². The summed E-state index contributed by atoms with van der Waals surface area (Å²) in [6.45, 7) is 14.6. The molecule has 0 aliphatic carbocycles. The fraction of sp³-hybridized carbons (Fsp3) is 0.400. The fourth-order valence-electron chi connectivity index (χ4n) is 5.67. The number of rotatable bonds is 9. The number of aromatic amines is 3. The zero-order chi connectivity index (χ0) is 29.5. The quantitative estimate of drug-likeness (QED) is 0.141. The minimum absolute atomic E-state index is 0.187. The van der Waals surface area contributed by atoms with Gasteiger partial charge in [0.15, 0.2) is 5.78 Å². The Kier molecular flexibility index (Phi) is 7.91. The van der Waals surface area contributed by atoms with Crippen LogP contribution in [-0.2, 0) is 20.6 Å². The monoisotopic (exact) mass is 549 g/mol. The molecule has 40 heavy (non-hydrogen) atoms. The molecule has 0 atom stereocenters. The van der Waals surface area contributed by atoms with E-state index in [-0.39, 0.29) is 37.7 Å². The zero-order valence-electron chi connectivity index (χ0n) is 24.2. The van der Waals surface area contributed by atoms with Gasteiger partial charge in [0.05, 0.1) is 30.9 Å². The van der Waals surface area contributed by atoms with Gasteiger partial charge in [-0.3, -0.25) is 4.79 Å². The van der Waals surface area contributed by atoms with Gasteiger partial charge in [0.2, 0.25) is 0 Å². The molecule has 1 aromatic carbocycles. The maximum absolute atomic E-state index is 12.8. The molecule has 3 aromatic heterocycles. The molecular weight excluding hydrogens is 514 g/mol. The highest BCUT2D eigenvalue weighted by Gasteiger charge is 2.29. The first-order valence-corrected chi connectivity index (χ1v) is 13.4. The van der Waals surface area contributed by atoms with Crippen LogP contribution in [0.25, 0.3) is 21.8 Å². The molecule has 212 valence electrons. The third-order valence-corrected chi connectivity index (χ3v) is 7.33. The summed E-state index contributed by atoms with van der Waals surface area (Å²) in [6.07, 6.45) is 0.187. The van der Waals surface area contributed by atoms with Gasteiger partial charge >= 0.3 is 17.9 Å². The van der Waals surface area contributed by atoms with E-state index in [4.69, 9.17) is 14.2 Å². The topological polar surface area (TPSA) is 143 Å². The molecule has 0 radical (unpaired) electrons. The number of hydrogen-bond donors (Lipinski definition) is 3. The highest BCUT2D eigenvalue weighted by atomic mass is 16.5. The summed E-state index contributed by atoms with van der Waals surface area (Å²) in [5.41, 5.74) is 6.67. The number of benzene rings is 1. The average molecular weight is 550 g/mol. The molecule has 0 aliphatic rings. The number of hydrogen-bond acceptors (Lipinski definition) is 7. The Bertz CT molecular complexity index is 1600. The van der Waals surface area contributed by atoms with Crippen LogP contribution in [0, 0.1) is 27.7 Å². The number of aromatic nitrogens is 3. The Morgan fingerprint density at radius 1 is 0.600 bits per heavy atom. The minimum atomic E-state index is -0.548. The van der Waals surface area contributed by atoms with Crippen molar-refractivity contribution < 1.29 is 33.4 Å². The summed E-state index contributed by atoms with van der Waals surface area (Å²) < 4.78 is 15.8. The fourth-order valence-corrected chi connectivity index (χ4v) is 5.67. The second kappa shape index (κ2) is 11.0. The standard InChI is InChI=1S/C30H35N3O7/c1-9-38-28(35)23-16(7)22(17(8)34)19(31-23)12-18-26-20(14(5)24(32-26)29(36)39-10-2)13(4)21-15(6)25(33-27(18)21)30(37)40-11-3/h31-33H,9-12H2,1-8H3. The van der Waals surface area contributed by atoms with Crippen LogP contribution in [0.1, 0.15) is 103 Å². The van der Waals surface area contributed by atoms with Gasteiger partial charge in [0.1, 0.15) is 17.1 Å². The van der Waals surface area contributed by atoms with E-state index in [2.05, 4.69) is 15.0 Å². The van der Waals surface area contributed by atoms with Gasteiger partial charge in [-0.15, -0.1) is 0 Å². The minimum Gasteiger partial charge on any atom is -0.461 e. The van der Waals surface area contributed by atoms with Crippen molar-refractivity contribution in [3.63, 3.8) is 0 Å². The molecule has 10 heteroatoms. The van der Waals surface area contributed by atoms with Crippen molar-refractivity contribution in [2.45, 2.75) is 61.8 Å². The van der Waals surface area contributed by atoms with E-state index in [1.807, 2.05) is 20.8 Å². The number of carbonyl (C=O) groups is 4. The van der Waals surface area contributed by atoms with Crippen molar-refractivity contribution in [3.05, 3.63) is 56.2 Å². The molecule has 4 rings (SSSR count). The van der Waals surface area contributed by atoms with Crippen LogP contribution in [-0.4, -0.2) is 58.5 Å². The van der Waals surface area contributed by atoms with Gasteiger partial charge in [-0.05, 0) is 77.6 Å². The Hall–Kier alpha value is -4.34. The number of carbonyl (C=O) groups excluding carboxylic acids is 4. The first kappa shape index (κ1) is 28.7. The molecule has 0 aliphatic heterocycles. The average Bonchev–Trinajstić information content (AvgIpc) is 3.53. The van der Waals surface area contributed by atoms with E-state index in [0.29, 0.717) is 55.9 Å². The highest BCUT2D eigenvalue weighted by Crippen LogP contribution is 2.39. The van der Waals surface area contributed by atoms with Crippen molar-refractivity contribution in [1.29, 1.82) is 0 Å². The summed E-state index contributed by atoms with van der Waals surface area (Å²) in [5.74, 6) is -1.70. The van der Waals surface area contributed by atoms with Gasteiger partial charge in [-0.2, -0.15) is 0 Å². The van der Waals surface area contributed by atoms with E-state index in [0.717, 1.165) is 16.3 Å². The number of H-pyrrole nitrogens is 3. The van der Waals surface area contributed by atoms with E-state index >= 15 is 0 Å². The van der Waals surface area contributed by atoms with Crippen molar-refractivity contribution in [2.75, 3.05) is 19.8 Å². The summed E-state index contributed by atoms with van der Waals surface area (Å²) in [7, 11) is 0. The molecule has 0 saturated heterocycles. The van der Waals surface area contributed by atoms with Crippen molar-refractivity contribution in [3.8, 4) is 0 Å². The number of esters is 3. The number of aryl methyl sites for hydroxylation is 3. The normalized spacial score (nSPS) is 11.3. The highest BCUT2D eigenvalue weighted by molar-refractivity contribution is 6.12. The Morgan fingerprint density at radius 2 is 1.00 bits per heavy atom. The lowest BCUT2D eigenvalue weighted by atomic mass is 9.93. The second-order valence-electron chi connectivity index (χ2n) is 9.73. The van der Waals surface area contributed by atoms with E-state index in [1.165, 1.54) is 6.92 Å².